The van der Waals surface area contributed by atoms with Gasteiger partial charge in [0, 0.05) is 10.2 Å². The number of halogens is 1. The fourth-order valence-corrected chi connectivity index (χ4v) is 3.47. The Bertz CT molecular complexity index is 986. The highest BCUT2D eigenvalue weighted by atomic mass is 79.9. The second-order valence-electron chi connectivity index (χ2n) is 5.85. The van der Waals surface area contributed by atoms with Crippen LogP contribution in [0.2, 0.25) is 0 Å². The summed E-state index contributed by atoms with van der Waals surface area (Å²) >= 11 is 4.89. The van der Waals surface area contributed by atoms with Crippen LogP contribution in [0.25, 0.3) is 0 Å². The zero-order valence-corrected chi connectivity index (χ0v) is 17.0. The van der Waals surface area contributed by atoms with Crippen LogP contribution >= 0.6 is 27.7 Å². The standard InChI is InChI=1S/C20H17BrN4OS/c1-13-3-2-4-16(9-13)26-11-18-17(10-22)19(23)25-20(24-18)27-12-14-5-7-15(21)8-6-14/h2-9H,11-12H2,1H3,(H2,23,24,25). The molecule has 7 heteroatoms. The zero-order valence-electron chi connectivity index (χ0n) is 14.6. The van der Waals surface area contributed by atoms with Crippen molar-refractivity contribution in [3.05, 3.63) is 75.4 Å². The summed E-state index contributed by atoms with van der Waals surface area (Å²) in [4.78, 5) is 8.74. The van der Waals surface area contributed by atoms with Gasteiger partial charge < -0.3 is 10.5 Å². The van der Waals surface area contributed by atoms with Crippen molar-refractivity contribution >= 4 is 33.5 Å². The molecule has 136 valence electrons. The van der Waals surface area contributed by atoms with Gasteiger partial charge in [0.15, 0.2) is 5.16 Å². The van der Waals surface area contributed by atoms with Crippen molar-refractivity contribution in [3.8, 4) is 11.8 Å². The van der Waals surface area contributed by atoms with Crippen LogP contribution in [0, 0.1) is 18.3 Å². The molecule has 0 amide bonds. The van der Waals surface area contributed by atoms with Crippen LogP contribution in [0.4, 0.5) is 5.82 Å². The molecular formula is C20H17BrN4OS. The van der Waals surface area contributed by atoms with Crippen LogP contribution < -0.4 is 10.5 Å². The normalized spacial score (nSPS) is 10.4. The topological polar surface area (TPSA) is 84.8 Å². The van der Waals surface area contributed by atoms with Gasteiger partial charge in [-0.3, -0.25) is 0 Å². The lowest BCUT2D eigenvalue weighted by Crippen LogP contribution is -2.08. The Morgan fingerprint density at radius 3 is 2.67 bits per heavy atom. The van der Waals surface area contributed by atoms with Gasteiger partial charge >= 0.3 is 0 Å². The third kappa shape index (κ3) is 5.22. The van der Waals surface area contributed by atoms with Crippen molar-refractivity contribution in [1.29, 1.82) is 5.26 Å². The van der Waals surface area contributed by atoms with Crippen molar-refractivity contribution in [2.45, 2.75) is 24.4 Å². The Labute approximate surface area is 170 Å². The van der Waals surface area contributed by atoms with Gasteiger partial charge in [0.2, 0.25) is 0 Å². The van der Waals surface area contributed by atoms with E-state index in [4.69, 9.17) is 10.5 Å². The molecule has 0 spiro atoms. The maximum Gasteiger partial charge on any atom is 0.190 e. The Hall–Kier alpha value is -2.56. The molecule has 0 saturated heterocycles. The van der Waals surface area contributed by atoms with Gasteiger partial charge in [-0.25, -0.2) is 9.97 Å². The van der Waals surface area contributed by atoms with Gasteiger partial charge in [-0.15, -0.1) is 0 Å². The number of hydrogen-bond donors (Lipinski definition) is 1. The molecule has 0 unspecified atom stereocenters. The molecule has 0 aliphatic carbocycles. The Morgan fingerprint density at radius 1 is 1.19 bits per heavy atom. The predicted molar refractivity (Wildman–Crippen MR) is 110 cm³/mol. The zero-order chi connectivity index (χ0) is 19.2. The minimum atomic E-state index is 0.158. The molecule has 27 heavy (non-hydrogen) atoms. The van der Waals surface area contributed by atoms with Crippen molar-refractivity contribution < 1.29 is 4.74 Å². The molecule has 2 N–H and O–H groups in total. The summed E-state index contributed by atoms with van der Waals surface area (Å²) in [7, 11) is 0. The molecule has 1 aromatic heterocycles. The summed E-state index contributed by atoms with van der Waals surface area (Å²) in [5.74, 6) is 1.60. The highest BCUT2D eigenvalue weighted by Gasteiger charge is 2.14. The van der Waals surface area contributed by atoms with Gasteiger partial charge in [0.25, 0.3) is 0 Å². The predicted octanol–water partition coefficient (Wildman–Crippen LogP) is 4.87. The summed E-state index contributed by atoms with van der Waals surface area (Å²) in [5.41, 5.74) is 8.96. The van der Waals surface area contributed by atoms with Gasteiger partial charge in [-0.2, -0.15) is 5.26 Å². The van der Waals surface area contributed by atoms with Crippen molar-refractivity contribution in [2.75, 3.05) is 5.73 Å². The van der Waals surface area contributed by atoms with Gasteiger partial charge in [-0.1, -0.05) is 52.0 Å². The summed E-state index contributed by atoms with van der Waals surface area (Å²) in [6.07, 6.45) is 0. The van der Waals surface area contributed by atoms with Crippen LogP contribution in [0.3, 0.4) is 0 Å². The highest BCUT2D eigenvalue weighted by molar-refractivity contribution is 9.10. The minimum absolute atomic E-state index is 0.158. The molecule has 1 heterocycles. The monoisotopic (exact) mass is 440 g/mol. The quantitative estimate of drug-likeness (QED) is 0.434. The molecule has 0 atom stereocenters. The summed E-state index contributed by atoms with van der Waals surface area (Å²) in [5, 5.41) is 9.91. The van der Waals surface area contributed by atoms with Crippen LogP contribution in [0.1, 0.15) is 22.4 Å². The van der Waals surface area contributed by atoms with Crippen molar-refractivity contribution in [2.24, 2.45) is 0 Å². The van der Waals surface area contributed by atoms with E-state index in [-0.39, 0.29) is 18.0 Å². The van der Waals surface area contributed by atoms with Crippen LogP contribution in [-0.2, 0) is 12.4 Å². The Morgan fingerprint density at radius 2 is 1.96 bits per heavy atom. The van der Waals surface area contributed by atoms with E-state index in [1.54, 1.807) is 0 Å². The summed E-state index contributed by atoms with van der Waals surface area (Å²) in [6.45, 7) is 2.15. The summed E-state index contributed by atoms with van der Waals surface area (Å²) < 4.78 is 6.82. The number of benzene rings is 2. The molecule has 0 bridgehead atoms. The first-order chi connectivity index (χ1) is 13.0. The van der Waals surface area contributed by atoms with E-state index in [0.29, 0.717) is 16.6 Å². The average Bonchev–Trinajstić information content (AvgIpc) is 2.66. The van der Waals surface area contributed by atoms with Gasteiger partial charge in [0.05, 0.1) is 0 Å². The number of nitrogens with zero attached hydrogens (tertiary/aromatic N) is 3. The molecule has 0 fully saturated rings. The molecule has 0 saturated carbocycles. The second-order valence-corrected chi connectivity index (χ2v) is 7.70. The molecule has 2 aromatic carbocycles. The largest absolute Gasteiger partial charge is 0.487 e. The van der Waals surface area contributed by atoms with E-state index in [0.717, 1.165) is 21.3 Å². The van der Waals surface area contributed by atoms with Crippen molar-refractivity contribution in [1.82, 2.24) is 9.97 Å². The van der Waals surface area contributed by atoms with Gasteiger partial charge in [-0.05, 0) is 42.3 Å². The molecule has 0 aliphatic rings. The smallest absolute Gasteiger partial charge is 0.190 e. The van der Waals surface area contributed by atoms with E-state index in [9.17, 15) is 5.26 Å². The highest BCUT2D eigenvalue weighted by Crippen LogP contribution is 2.24. The van der Waals surface area contributed by atoms with E-state index in [1.807, 2.05) is 55.5 Å². The SMILES string of the molecule is Cc1cccc(OCc2nc(SCc3ccc(Br)cc3)nc(N)c2C#N)c1. The third-order valence-electron chi connectivity index (χ3n) is 3.75. The van der Waals surface area contributed by atoms with Crippen molar-refractivity contribution in [3.63, 3.8) is 0 Å². The first-order valence-corrected chi connectivity index (χ1v) is 9.96. The number of nitrogen functional groups attached to an aromatic ring is 1. The van der Waals surface area contributed by atoms with E-state index in [1.165, 1.54) is 11.8 Å². The number of nitriles is 1. The lowest BCUT2D eigenvalue weighted by Gasteiger charge is -2.10. The molecule has 5 nitrogen and oxygen atoms in total. The van der Waals surface area contributed by atoms with E-state index in [2.05, 4.69) is 32.0 Å². The number of aromatic nitrogens is 2. The van der Waals surface area contributed by atoms with E-state index >= 15 is 0 Å². The number of aryl methyl sites for hydroxylation is 1. The summed E-state index contributed by atoms with van der Waals surface area (Å²) in [6, 6.07) is 17.8. The van der Waals surface area contributed by atoms with Crippen LogP contribution in [0.5, 0.6) is 5.75 Å². The number of nitrogens with two attached hydrogens (primary N) is 1. The number of thioether (sulfide) groups is 1. The lowest BCUT2D eigenvalue weighted by atomic mass is 10.2. The first kappa shape index (κ1) is 19.2. The Kier molecular flexibility index (Phi) is 6.32. The second kappa shape index (κ2) is 8.89. The molecule has 3 rings (SSSR count). The minimum Gasteiger partial charge on any atom is -0.487 e. The molecule has 0 radical (unpaired) electrons. The molecular weight excluding hydrogens is 424 g/mol. The lowest BCUT2D eigenvalue weighted by molar-refractivity contribution is 0.299. The average molecular weight is 441 g/mol. The fraction of sp³-hybridized carbons (Fsp3) is 0.150. The third-order valence-corrected chi connectivity index (χ3v) is 5.20. The number of anilines is 1. The maximum atomic E-state index is 9.39. The first-order valence-electron chi connectivity index (χ1n) is 8.18. The Balaban J connectivity index is 1.76. The van der Waals surface area contributed by atoms with Gasteiger partial charge in [0.1, 0.15) is 35.5 Å². The fourth-order valence-electron chi connectivity index (χ4n) is 2.38. The molecule has 0 aliphatic heterocycles. The number of hydrogen-bond acceptors (Lipinski definition) is 6. The maximum absolute atomic E-state index is 9.39. The van der Waals surface area contributed by atoms with E-state index < -0.39 is 0 Å². The number of rotatable bonds is 6. The van der Waals surface area contributed by atoms with Crippen LogP contribution in [0.15, 0.2) is 58.2 Å². The van der Waals surface area contributed by atoms with Crippen LogP contribution in [-0.4, -0.2) is 9.97 Å². The molecule has 3 aromatic rings. The number of ether oxygens (including phenoxy) is 1.